The Morgan fingerprint density at radius 2 is 1.74 bits per heavy atom. The molecule has 0 bridgehead atoms. The van der Waals surface area contributed by atoms with Gasteiger partial charge in [-0.3, -0.25) is 9.59 Å². The number of halogens is 3. The average Bonchev–Trinajstić information content (AvgIpc) is 3.14. The van der Waals surface area contributed by atoms with E-state index >= 15 is 0 Å². The van der Waals surface area contributed by atoms with Crippen LogP contribution in [0.4, 0.5) is 18.9 Å². The molecule has 6 nitrogen and oxygen atoms in total. The highest BCUT2D eigenvalue weighted by Gasteiger charge is 2.36. The number of anilines is 1. The number of carbonyl (C=O) groups is 2. The highest BCUT2D eigenvalue weighted by Crippen LogP contribution is 2.40. The predicted molar refractivity (Wildman–Crippen MR) is 123 cm³/mol. The van der Waals surface area contributed by atoms with Crippen molar-refractivity contribution in [3.05, 3.63) is 89.0 Å². The van der Waals surface area contributed by atoms with E-state index in [-0.39, 0.29) is 30.2 Å². The minimum absolute atomic E-state index is 0.126. The highest BCUT2D eigenvalue weighted by atomic mass is 19.4. The molecule has 0 saturated carbocycles. The molecular formula is C26H23F3N2O4. The Morgan fingerprint density at radius 3 is 2.43 bits per heavy atom. The first-order valence-corrected chi connectivity index (χ1v) is 10.9. The zero-order valence-electron chi connectivity index (χ0n) is 18.8. The van der Waals surface area contributed by atoms with Gasteiger partial charge in [-0.15, -0.1) is 0 Å². The van der Waals surface area contributed by atoms with Crippen LogP contribution in [0.2, 0.25) is 0 Å². The second-order valence-corrected chi connectivity index (χ2v) is 8.24. The quantitative estimate of drug-likeness (QED) is 0.470. The topological polar surface area (TPSA) is 90.7 Å². The number of para-hydroxylation sites is 1. The van der Waals surface area contributed by atoms with Crippen LogP contribution in [-0.4, -0.2) is 25.0 Å². The van der Waals surface area contributed by atoms with Crippen LogP contribution in [-0.2, 0) is 33.3 Å². The van der Waals surface area contributed by atoms with E-state index < -0.39 is 29.7 Å². The third kappa shape index (κ3) is 5.46. The van der Waals surface area contributed by atoms with E-state index in [2.05, 4.69) is 10.1 Å². The Labute approximate surface area is 199 Å². The molecule has 182 valence electrons. The molecule has 1 unspecified atom stereocenters. The molecule has 2 atom stereocenters. The largest absolute Gasteiger partial charge is 0.468 e. The van der Waals surface area contributed by atoms with Gasteiger partial charge in [0.1, 0.15) is 17.5 Å². The van der Waals surface area contributed by atoms with Gasteiger partial charge in [-0.05, 0) is 59.9 Å². The Balaban J connectivity index is 1.53. The van der Waals surface area contributed by atoms with Crippen molar-refractivity contribution in [2.75, 3.05) is 12.4 Å². The number of methoxy groups -OCH3 is 1. The monoisotopic (exact) mass is 484 g/mol. The lowest BCUT2D eigenvalue weighted by Crippen LogP contribution is -2.33. The Hall–Kier alpha value is -3.85. The summed E-state index contributed by atoms with van der Waals surface area (Å²) in [5, 5.41) is 2.76. The fourth-order valence-corrected chi connectivity index (χ4v) is 4.04. The molecule has 1 amide bonds. The molecule has 0 spiro atoms. The molecule has 1 heterocycles. The summed E-state index contributed by atoms with van der Waals surface area (Å²) in [4.78, 5) is 23.9. The number of esters is 1. The van der Waals surface area contributed by atoms with E-state index in [1.54, 1.807) is 36.4 Å². The minimum atomic E-state index is -4.66. The van der Waals surface area contributed by atoms with Crippen molar-refractivity contribution in [1.29, 1.82) is 0 Å². The van der Waals surface area contributed by atoms with Crippen molar-refractivity contribution in [3.63, 3.8) is 0 Å². The fourth-order valence-electron chi connectivity index (χ4n) is 4.04. The van der Waals surface area contributed by atoms with Crippen LogP contribution in [0.15, 0.2) is 66.7 Å². The van der Waals surface area contributed by atoms with E-state index in [0.29, 0.717) is 16.8 Å². The molecule has 0 aliphatic carbocycles. The third-order valence-electron chi connectivity index (χ3n) is 5.81. The first-order chi connectivity index (χ1) is 16.7. The molecular weight excluding hydrogens is 461 g/mol. The van der Waals surface area contributed by atoms with E-state index in [1.807, 2.05) is 0 Å². The molecule has 0 radical (unpaired) electrons. The Morgan fingerprint density at radius 1 is 1.06 bits per heavy atom. The minimum Gasteiger partial charge on any atom is -0.468 e. The van der Waals surface area contributed by atoms with E-state index in [4.69, 9.17) is 10.5 Å². The molecule has 35 heavy (non-hydrogen) atoms. The number of fused-ring (bicyclic) bond motifs is 1. The SMILES string of the molecule is COC(=O)[C@@H](N)Cc1ccc(Oc2ccc(CC3C(=O)Nc4ccccc43)cc2C(F)(F)F)cc1. The molecule has 0 aromatic heterocycles. The summed E-state index contributed by atoms with van der Waals surface area (Å²) in [7, 11) is 1.24. The van der Waals surface area contributed by atoms with Gasteiger partial charge in [0.25, 0.3) is 0 Å². The van der Waals surface area contributed by atoms with Crippen molar-refractivity contribution in [1.82, 2.24) is 0 Å². The maximum atomic E-state index is 13.9. The van der Waals surface area contributed by atoms with Gasteiger partial charge in [0, 0.05) is 5.69 Å². The number of nitrogens with one attached hydrogen (secondary N) is 1. The fraction of sp³-hybridized carbons (Fsp3) is 0.231. The summed E-state index contributed by atoms with van der Waals surface area (Å²) in [5.41, 5.74) is 7.32. The third-order valence-corrected chi connectivity index (χ3v) is 5.81. The van der Waals surface area contributed by atoms with Gasteiger partial charge in [-0.2, -0.15) is 13.2 Å². The standard InChI is InChI=1S/C26H23F3N2O4/c1-34-25(33)21(30)14-15-6-9-17(10-7-15)35-23-11-8-16(13-20(23)26(27,28)29)12-19-18-4-2-3-5-22(18)31-24(19)32/h2-11,13,19,21H,12,14,30H2,1H3,(H,31,32)/t19?,21-/m0/s1. The zero-order chi connectivity index (χ0) is 25.2. The number of ether oxygens (including phenoxy) is 2. The van der Waals surface area contributed by atoms with Crippen molar-refractivity contribution in [2.45, 2.75) is 31.0 Å². The predicted octanol–water partition coefficient (Wildman–Crippen LogP) is 4.82. The molecule has 4 rings (SSSR count). The van der Waals surface area contributed by atoms with Crippen molar-refractivity contribution < 1.29 is 32.2 Å². The molecule has 3 N–H and O–H groups in total. The van der Waals surface area contributed by atoms with Crippen molar-refractivity contribution in [2.24, 2.45) is 5.73 Å². The number of alkyl halides is 3. The first-order valence-electron chi connectivity index (χ1n) is 10.9. The Bertz CT molecular complexity index is 1240. The van der Waals surface area contributed by atoms with Crippen LogP contribution in [0.5, 0.6) is 11.5 Å². The summed E-state index contributed by atoms with van der Waals surface area (Å²) in [5.74, 6) is -1.52. The number of rotatable bonds is 7. The Kier molecular flexibility index (Phi) is 6.79. The van der Waals surface area contributed by atoms with E-state index in [1.165, 1.54) is 31.4 Å². The van der Waals surface area contributed by atoms with Crippen LogP contribution in [0.25, 0.3) is 0 Å². The number of hydrogen-bond donors (Lipinski definition) is 2. The summed E-state index contributed by atoms with van der Waals surface area (Å²) in [6.07, 6.45) is -4.32. The number of hydrogen-bond acceptors (Lipinski definition) is 5. The van der Waals surface area contributed by atoms with Crippen molar-refractivity contribution >= 4 is 17.6 Å². The number of nitrogens with two attached hydrogens (primary N) is 1. The van der Waals surface area contributed by atoms with Crippen LogP contribution < -0.4 is 15.8 Å². The number of carbonyl (C=O) groups excluding carboxylic acids is 2. The first kappa shape index (κ1) is 24.3. The maximum absolute atomic E-state index is 13.9. The molecule has 1 aliphatic heterocycles. The lowest BCUT2D eigenvalue weighted by atomic mass is 9.92. The molecule has 0 saturated heterocycles. The normalized spacial score (nSPS) is 15.8. The van der Waals surface area contributed by atoms with Crippen LogP contribution in [0.3, 0.4) is 0 Å². The number of amides is 1. The van der Waals surface area contributed by atoms with E-state index in [0.717, 1.165) is 11.6 Å². The molecule has 3 aromatic carbocycles. The van der Waals surface area contributed by atoms with Gasteiger partial charge >= 0.3 is 12.1 Å². The molecule has 9 heteroatoms. The second-order valence-electron chi connectivity index (χ2n) is 8.24. The molecule has 1 aliphatic rings. The summed E-state index contributed by atoms with van der Waals surface area (Å²) >= 11 is 0. The van der Waals surface area contributed by atoms with Crippen LogP contribution in [0.1, 0.15) is 28.2 Å². The summed E-state index contributed by atoms with van der Waals surface area (Å²) < 4.78 is 51.7. The van der Waals surface area contributed by atoms with Gasteiger partial charge in [0.15, 0.2) is 0 Å². The second kappa shape index (κ2) is 9.79. The van der Waals surface area contributed by atoms with E-state index in [9.17, 15) is 22.8 Å². The maximum Gasteiger partial charge on any atom is 0.419 e. The van der Waals surface area contributed by atoms with Gasteiger partial charge < -0.3 is 20.5 Å². The number of benzene rings is 3. The molecule has 3 aromatic rings. The zero-order valence-corrected chi connectivity index (χ0v) is 18.8. The lowest BCUT2D eigenvalue weighted by Gasteiger charge is -2.17. The smallest absolute Gasteiger partial charge is 0.419 e. The summed E-state index contributed by atoms with van der Waals surface area (Å²) in [6, 6.07) is 16.4. The average molecular weight is 484 g/mol. The highest BCUT2D eigenvalue weighted by molar-refractivity contribution is 6.03. The van der Waals surface area contributed by atoms with Crippen molar-refractivity contribution in [3.8, 4) is 11.5 Å². The van der Waals surface area contributed by atoms with Gasteiger partial charge in [-0.1, -0.05) is 36.4 Å². The van der Waals surface area contributed by atoms with Gasteiger partial charge in [0.2, 0.25) is 5.91 Å². The van der Waals surface area contributed by atoms with Crippen LogP contribution >= 0.6 is 0 Å². The van der Waals surface area contributed by atoms with Gasteiger partial charge in [0.05, 0.1) is 18.6 Å². The summed E-state index contributed by atoms with van der Waals surface area (Å²) in [6.45, 7) is 0. The lowest BCUT2D eigenvalue weighted by molar-refractivity contribution is -0.142. The van der Waals surface area contributed by atoms with Gasteiger partial charge in [-0.25, -0.2) is 0 Å². The van der Waals surface area contributed by atoms with Crippen LogP contribution in [0, 0.1) is 0 Å². The molecule has 0 fully saturated rings.